The summed E-state index contributed by atoms with van der Waals surface area (Å²) >= 11 is 0. The highest BCUT2D eigenvalue weighted by Crippen LogP contribution is 2.56. The summed E-state index contributed by atoms with van der Waals surface area (Å²) in [5.41, 5.74) is 0.565. The van der Waals surface area contributed by atoms with E-state index in [0.29, 0.717) is 5.56 Å². The molecule has 0 saturated carbocycles. The van der Waals surface area contributed by atoms with Crippen LogP contribution in [0.4, 0.5) is 5.69 Å². The lowest BCUT2D eigenvalue weighted by atomic mass is 10.1. The summed E-state index contributed by atoms with van der Waals surface area (Å²) in [6.07, 6.45) is -1.18. The van der Waals surface area contributed by atoms with Crippen molar-refractivity contribution in [2.75, 3.05) is 6.16 Å². The van der Waals surface area contributed by atoms with Crippen molar-refractivity contribution in [3.8, 4) is 5.75 Å². The van der Waals surface area contributed by atoms with Gasteiger partial charge in [-0.15, -0.1) is 0 Å². The Balaban J connectivity index is 2.43. The first-order valence-electron chi connectivity index (χ1n) is 8.41. The fourth-order valence-electron chi connectivity index (χ4n) is 2.61. The minimum atomic E-state index is -4.03. The normalized spacial score (nSPS) is 13.1. The number of phenols is 1. The predicted molar refractivity (Wildman–Crippen MR) is 105 cm³/mol. The van der Waals surface area contributed by atoms with Gasteiger partial charge in [0.2, 0.25) is 5.45 Å². The van der Waals surface area contributed by atoms with Crippen molar-refractivity contribution in [2.45, 2.75) is 12.8 Å². The van der Waals surface area contributed by atoms with Gasteiger partial charge in [-0.25, -0.2) is 14.8 Å². The van der Waals surface area contributed by atoms with E-state index >= 15 is 0 Å². The maximum absolute atomic E-state index is 11.5. The van der Waals surface area contributed by atoms with Gasteiger partial charge in [0.1, 0.15) is 11.9 Å². The lowest BCUT2D eigenvalue weighted by molar-refractivity contribution is -0.142. The number of carbonyl (C=O) groups is 2. The molecule has 0 aliphatic rings. The molecule has 0 spiro atoms. The zero-order chi connectivity index (χ0) is 20.7. The molecule has 0 radical (unpaired) electrons. The number of benzene rings is 2. The zero-order valence-corrected chi connectivity index (χ0v) is 15.7. The quantitative estimate of drug-likeness (QED) is 0.318. The average Bonchev–Trinajstić information content (AvgIpc) is 2.63. The second-order valence-electron chi connectivity index (χ2n) is 6.20. The lowest BCUT2D eigenvalue weighted by Gasteiger charge is -2.18. The molecule has 0 heterocycles. The van der Waals surface area contributed by atoms with Crippen LogP contribution in [-0.2, 0) is 9.59 Å². The van der Waals surface area contributed by atoms with E-state index in [0.717, 1.165) is 0 Å². The van der Waals surface area contributed by atoms with Gasteiger partial charge in [-0.05, 0) is 30.7 Å². The highest BCUT2D eigenvalue weighted by Gasteiger charge is 2.46. The molecule has 2 aromatic carbocycles. The first-order chi connectivity index (χ1) is 13.2. The molecule has 0 saturated heterocycles. The molecule has 0 aliphatic carbocycles. The van der Waals surface area contributed by atoms with Gasteiger partial charge in [-0.2, -0.15) is 0 Å². The SMILES string of the molecule is O=C(O)CCC(C[P+](O)(O)C(=Nc1cccc(O)c1)c1ccccc1)C(=O)O. The molecule has 0 fully saturated rings. The Bertz CT molecular complexity index is 868. The third kappa shape index (κ3) is 6.13. The van der Waals surface area contributed by atoms with Crippen molar-refractivity contribution < 1.29 is 34.7 Å². The van der Waals surface area contributed by atoms with Gasteiger partial charge < -0.3 is 15.3 Å². The highest BCUT2D eigenvalue weighted by atomic mass is 31.2. The Morgan fingerprint density at radius 2 is 1.68 bits per heavy atom. The molecule has 9 heteroatoms. The van der Waals surface area contributed by atoms with Crippen LogP contribution in [0.3, 0.4) is 0 Å². The van der Waals surface area contributed by atoms with E-state index in [1.54, 1.807) is 42.5 Å². The Hall–Kier alpha value is -2.80. The van der Waals surface area contributed by atoms with E-state index in [-0.39, 0.29) is 23.3 Å². The number of aromatic hydroxyl groups is 1. The van der Waals surface area contributed by atoms with Crippen molar-refractivity contribution >= 4 is 30.8 Å². The van der Waals surface area contributed by atoms with E-state index in [1.807, 2.05) is 0 Å². The third-order valence-electron chi connectivity index (χ3n) is 3.97. The molecule has 0 aromatic heterocycles. The Kier molecular flexibility index (Phi) is 7.23. The van der Waals surface area contributed by atoms with Crippen LogP contribution < -0.4 is 0 Å². The monoisotopic (exact) mass is 406 g/mol. The van der Waals surface area contributed by atoms with Gasteiger partial charge in [-0.3, -0.25) is 9.59 Å². The van der Waals surface area contributed by atoms with Crippen molar-refractivity contribution in [2.24, 2.45) is 10.9 Å². The van der Waals surface area contributed by atoms with Crippen LogP contribution in [0, 0.1) is 5.92 Å². The summed E-state index contributed by atoms with van der Waals surface area (Å²) in [7, 11) is -4.03. The van der Waals surface area contributed by atoms with Gasteiger partial charge in [-0.1, -0.05) is 24.3 Å². The summed E-state index contributed by atoms with van der Waals surface area (Å²) in [6, 6.07) is 14.2. The number of nitrogens with zero attached hydrogens (tertiary/aromatic N) is 1. The second kappa shape index (κ2) is 9.41. The van der Waals surface area contributed by atoms with Crippen LogP contribution in [-0.4, -0.2) is 48.7 Å². The van der Waals surface area contributed by atoms with Crippen molar-refractivity contribution in [3.63, 3.8) is 0 Å². The molecule has 5 N–H and O–H groups in total. The number of rotatable bonds is 9. The number of phenolic OH excluding ortho intramolecular Hbond substituents is 1. The standard InChI is InChI=1S/C19H20NO7P/c21-16-8-4-7-15(11-16)20-18(13-5-2-1-3-6-13)28(26,27)12-14(19(24)25)9-10-17(22)23/h1-8,11,14,26-27H,9-10,12H2,(H2-,21,22,23,24,25)/p+1. The highest BCUT2D eigenvalue weighted by molar-refractivity contribution is 7.82. The molecule has 28 heavy (non-hydrogen) atoms. The molecule has 148 valence electrons. The van der Waals surface area contributed by atoms with E-state index in [4.69, 9.17) is 5.11 Å². The fourth-order valence-corrected chi connectivity index (χ4v) is 4.57. The maximum atomic E-state index is 11.5. The molecular weight excluding hydrogens is 385 g/mol. The Morgan fingerprint density at radius 3 is 2.25 bits per heavy atom. The van der Waals surface area contributed by atoms with Crippen molar-refractivity contribution in [3.05, 3.63) is 60.2 Å². The largest absolute Gasteiger partial charge is 0.508 e. The number of carboxylic acid groups (broad SMARTS) is 2. The van der Waals surface area contributed by atoms with Crippen LogP contribution in [0.1, 0.15) is 18.4 Å². The molecule has 2 rings (SSSR count). The molecule has 0 aliphatic heterocycles. The van der Waals surface area contributed by atoms with Gasteiger partial charge >= 0.3 is 19.7 Å². The smallest absolute Gasteiger partial charge is 0.320 e. The van der Waals surface area contributed by atoms with Crippen molar-refractivity contribution in [1.29, 1.82) is 0 Å². The number of hydrogen-bond donors (Lipinski definition) is 5. The minimum absolute atomic E-state index is 0.0571. The Labute approximate surface area is 161 Å². The zero-order valence-electron chi connectivity index (χ0n) is 14.8. The summed E-state index contributed by atoms with van der Waals surface area (Å²) in [6.45, 7) is 0. The van der Waals surface area contributed by atoms with Crippen LogP contribution >= 0.6 is 7.72 Å². The van der Waals surface area contributed by atoms with Crippen LogP contribution in [0.5, 0.6) is 5.75 Å². The first-order valence-corrected chi connectivity index (χ1v) is 10.3. The summed E-state index contributed by atoms with van der Waals surface area (Å²) < 4.78 is 0. The molecule has 8 nitrogen and oxygen atoms in total. The van der Waals surface area contributed by atoms with Gasteiger partial charge in [0.05, 0.1) is 11.6 Å². The van der Waals surface area contributed by atoms with Gasteiger partial charge in [0.15, 0.2) is 0 Å². The van der Waals surface area contributed by atoms with Gasteiger partial charge in [0, 0.05) is 18.1 Å². The van der Waals surface area contributed by atoms with E-state index in [1.165, 1.54) is 12.1 Å². The topological polar surface area (TPSA) is 148 Å². The van der Waals surface area contributed by atoms with E-state index in [9.17, 15) is 29.6 Å². The summed E-state index contributed by atoms with van der Waals surface area (Å²) in [5.74, 6) is -3.78. The minimum Gasteiger partial charge on any atom is -0.508 e. The molecule has 1 unspecified atom stereocenters. The van der Waals surface area contributed by atoms with E-state index in [2.05, 4.69) is 4.99 Å². The molecular formula is C19H21NO7P+. The third-order valence-corrected chi connectivity index (χ3v) is 5.95. The van der Waals surface area contributed by atoms with Crippen LogP contribution in [0.25, 0.3) is 0 Å². The molecule has 2 aromatic rings. The summed E-state index contributed by atoms with van der Waals surface area (Å²) in [4.78, 5) is 48.1. The average molecular weight is 406 g/mol. The number of aliphatic carboxylic acids is 2. The first kappa shape index (κ1) is 21.5. The maximum Gasteiger partial charge on any atom is 0.320 e. The predicted octanol–water partition coefficient (Wildman–Crippen LogP) is 2.87. The van der Waals surface area contributed by atoms with Crippen LogP contribution in [0.2, 0.25) is 0 Å². The van der Waals surface area contributed by atoms with Gasteiger partial charge in [0.25, 0.3) is 0 Å². The number of carboxylic acids is 2. The lowest BCUT2D eigenvalue weighted by Crippen LogP contribution is -2.24. The summed E-state index contributed by atoms with van der Waals surface area (Å²) in [5, 5.41) is 27.8. The molecule has 1 atom stereocenters. The molecule has 0 amide bonds. The second-order valence-corrected chi connectivity index (χ2v) is 8.45. The van der Waals surface area contributed by atoms with E-state index < -0.39 is 38.2 Å². The number of aliphatic imine (C=N–C) groups is 1. The van der Waals surface area contributed by atoms with Crippen LogP contribution in [0.15, 0.2) is 59.6 Å². The van der Waals surface area contributed by atoms with Crippen molar-refractivity contribution in [1.82, 2.24) is 0 Å². The fraction of sp³-hybridized carbons (Fsp3) is 0.211. The number of hydrogen-bond acceptors (Lipinski definition) is 6. The molecule has 0 bridgehead atoms. The Morgan fingerprint density at radius 1 is 1.00 bits per heavy atom.